The van der Waals surface area contributed by atoms with Gasteiger partial charge in [-0.3, -0.25) is 14.6 Å². The topological polar surface area (TPSA) is 71.1 Å². The van der Waals surface area contributed by atoms with Crippen LogP contribution < -0.4 is 10.6 Å². The number of nitrogens with one attached hydrogen (secondary N) is 2. The number of carbonyl (C=O) groups excluding carboxylic acids is 2. The first-order valence-corrected chi connectivity index (χ1v) is 6.90. The van der Waals surface area contributed by atoms with Crippen LogP contribution in [0.15, 0.2) is 55.3 Å². The third-order valence-electron chi connectivity index (χ3n) is 2.78. The molecule has 0 atom stereocenters. The molecule has 0 aliphatic heterocycles. The summed E-state index contributed by atoms with van der Waals surface area (Å²) >= 11 is 5.99. The van der Waals surface area contributed by atoms with Crippen LogP contribution in [0.2, 0.25) is 5.02 Å². The highest BCUT2D eigenvalue weighted by molar-refractivity contribution is 6.33. The standard InChI is InChI=1S/C16H14ClN3O2/c1-2-8-19-15(21)11-7-9-18-14(10-11)16(22)20-13-6-4-3-5-12(13)17/h2-7,9-10H,1,8H2,(H,19,21)(H,20,22). The van der Waals surface area contributed by atoms with E-state index in [4.69, 9.17) is 11.6 Å². The van der Waals surface area contributed by atoms with Gasteiger partial charge in [-0.15, -0.1) is 6.58 Å². The summed E-state index contributed by atoms with van der Waals surface area (Å²) in [5, 5.41) is 5.72. The summed E-state index contributed by atoms with van der Waals surface area (Å²) in [7, 11) is 0. The molecule has 6 heteroatoms. The maximum absolute atomic E-state index is 12.2. The van der Waals surface area contributed by atoms with Crippen LogP contribution >= 0.6 is 11.6 Å². The van der Waals surface area contributed by atoms with E-state index in [2.05, 4.69) is 22.2 Å². The number of amides is 2. The monoisotopic (exact) mass is 315 g/mol. The van der Waals surface area contributed by atoms with Gasteiger partial charge in [0.15, 0.2) is 0 Å². The molecular formula is C16H14ClN3O2. The summed E-state index contributed by atoms with van der Waals surface area (Å²) in [6.45, 7) is 3.87. The van der Waals surface area contributed by atoms with Crippen molar-refractivity contribution < 1.29 is 9.59 Å². The number of rotatable bonds is 5. The molecule has 0 aliphatic rings. The lowest BCUT2D eigenvalue weighted by Crippen LogP contribution is -2.24. The molecule has 1 aromatic heterocycles. The molecule has 1 aromatic carbocycles. The van der Waals surface area contributed by atoms with E-state index in [1.54, 1.807) is 30.3 Å². The first kappa shape index (κ1) is 15.7. The van der Waals surface area contributed by atoms with Gasteiger partial charge in [-0.2, -0.15) is 0 Å². The Labute approximate surface area is 133 Å². The van der Waals surface area contributed by atoms with Crippen LogP contribution in [-0.2, 0) is 0 Å². The van der Waals surface area contributed by atoms with Gasteiger partial charge in [0.2, 0.25) is 0 Å². The maximum atomic E-state index is 12.2. The van der Waals surface area contributed by atoms with E-state index in [-0.39, 0.29) is 11.6 Å². The van der Waals surface area contributed by atoms with Crippen molar-refractivity contribution in [3.63, 3.8) is 0 Å². The molecule has 2 rings (SSSR count). The predicted molar refractivity (Wildman–Crippen MR) is 86.2 cm³/mol. The van der Waals surface area contributed by atoms with Crippen LogP contribution in [0.25, 0.3) is 0 Å². The van der Waals surface area contributed by atoms with E-state index in [0.717, 1.165) is 0 Å². The molecule has 112 valence electrons. The number of pyridine rings is 1. The number of hydrogen-bond acceptors (Lipinski definition) is 3. The Balaban J connectivity index is 2.15. The molecule has 0 saturated carbocycles. The summed E-state index contributed by atoms with van der Waals surface area (Å²) in [4.78, 5) is 28.0. The lowest BCUT2D eigenvalue weighted by atomic mass is 10.2. The fourth-order valence-electron chi connectivity index (χ4n) is 1.71. The number of para-hydroxylation sites is 1. The number of aromatic nitrogens is 1. The average Bonchev–Trinajstić information content (AvgIpc) is 2.54. The highest BCUT2D eigenvalue weighted by atomic mass is 35.5. The number of anilines is 1. The molecular weight excluding hydrogens is 302 g/mol. The predicted octanol–water partition coefficient (Wildman–Crippen LogP) is 2.90. The second-order valence-corrected chi connectivity index (χ2v) is 4.77. The number of halogens is 1. The molecule has 22 heavy (non-hydrogen) atoms. The second-order valence-electron chi connectivity index (χ2n) is 4.36. The van der Waals surface area contributed by atoms with Crippen LogP contribution in [0, 0.1) is 0 Å². The molecule has 5 nitrogen and oxygen atoms in total. The number of hydrogen-bond donors (Lipinski definition) is 2. The Morgan fingerprint density at radius 2 is 2.00 bits per heavy atom. The van der Waals surface area contributed by atoms with Crippen molar-refractivity contribution in [2.75, 3.05) is 11.9 Å². The van der Waals surface area contributed by atoms with Crippen molar-refractivity contribution >= 4 is 29.1 Å². The largest absolute Gasteiger partial charge is 0.349 e. The van der Waals surface area contributed by atoms with Gasteiger partial charge in [0.05, 0.1) is 10.7 Å². The van der Waals surface area contributed by atoms with Gasteiger partial charge in [-0.25, -0.2) is 0 Å². The summed E-state index contributed by atoms with van der Waals surface area (Å²) in [5.41, 5.74) is 0.963. The molecule has 0 bridgehead atoms. The lowest BCUT2D eigenvalue weighted by Gasteiger charge is -2.07. The second kappa shape index (κ2) is 7.38. The molecule has 2 amide bonds. The Morgan fingerprint density at radius 1 is 1.23 bits per heavy atom. The first-order chi connectivity index (χ1) is 10.6. The van der Waals surface area contributed by atoms with Crippen molar-refractivity contribution in [2.24, 2.45) is 0 Å². The lowest BCUT2D eigenvalue weighted by molar-refractivity contribution is 0.0958. The Hall–Kier alpha value is -2.66. The molecule has 0 unspecified atom stereocenters. The van der Waals surface area contributed by atoms with Crippen molar-refractivity contribution in [2.45, 2.75) is 0 Å². The van der Waals surface area contributed by atoms with Crippen molar-refractivity contribution in [1.29, 1.82) is 0 Å². The highest BCUT2D eigenvalue weighted by Gasteiger charge is 2.12. The van der Waals surface area contributed by atoms with Gasteiger partial charge < -0.3 is 10.6 Å². The zero-order valence-electron chi connectivity index (χ0n) is 11.7. The molecule has 0 fully saturated rings. The van der Waals surface area contributed by atoms with Crippen molar-refractivity contribution in [3.05, 3.63) is 71.5 Å². The Bertz CT molecular complexity index is 716. The summed E-state index contributed by atoms with van der Waals surface area (Å²) in [5.74, 6) is -0.736. The summed E-state index contributed by atoms with van der Waals surface area (Å²) < 4.78 is 0. The minimum absolute atomic E-state index is 0.131. The molecule has 2 N–H and O–H groups in total. The van der Waals surface area contributed by atoms with E-state index < -0.39 is 5.91 Å². The Kier molecular flexibility index (Phi) is 5.27. The maximum Gasteiger partial charge on any atom is 0.274 e. The number of nitrogens with zero attached hydrogens (tertiary/aromatic N) is 1. The van der Waals surface area contributed by atoms with E-state index in [0.29, 0.717) is 22.8 Å². The molecule has 1 heterocycles. The van der Waals surface area contributed by atoms with Gasteiger partial charge in [-0.1, -0.05) is 29.8 Å². The zero-order chi connectivity index (χ0) is 15.9. The molecule has 0 saturated heterocycles. The van der Waals surface area contributed by atoms with E-state index >= 15 is 0 Å². The first-order valence-electron chi connectivity index (χ1n) is 6.53. The highest BCUT2D eigenvalue weighted by Crippen LogP contribution is 2.21. The number of carbonyl (C=O) groups is 2. The molecule has 0 aliphatic carbocycles. The number of benzene rings is 1. The van der Waals surface area contributed by atoms with Crippen LogP contribution in [0.5, 0.6) is 0 Å². The third kappa shape index (κ3) is 3.93. The fourth-order valence-corrected chi connectivity index (χ4v) is 1.89. The SMILES string of the molecule is C=CCNC(=O)c1ccnc(C(=O)Nc2ccccc2Cl)c1. The van der Waals surface area contributed by atoms with Gasteiger partial charge in [0, 0.05) is 18.3 Å². The minimum atomic E-state index is -0.438. The third-order valence-corrected chi connectivity index (χ3v) is 3.11. The summed E-state index contributed by atoms with van der Waals surface area (Å²) in [6, 6.07) is 9.83. The van der Waals surface area contributed by atoms with Crippen LogP contribution in [-0.4, -0.2) is 23.3 Å². The van der Waals surface area contributed by atoms with E-state index in [9.17, 15) is 9.59 Å². The van der Waals surface area contributed by atoms with E-state index in [1.807, 2.05) is 0 Å². The van der Waals surface area contributed by atoms with Crippen molar-refractivity contribution in [1.82, 2.24) is 10.3 Å². The van der Waals surface area contributed by atoms with Gasteiger partial charge >= 0.3 is 0 Å². The van der Waals surface area contributed by atoms with E-state index in [1.165, 1.54) is 18.3 Å². The summed E-state index contributed by atoms with van der Waals surface area (Å²) in [6.07, 6.45) is 2.98. The molecule has 0 radical (unpaired) electrons. The van der Waals surface area contributed by atoms with Gasteiger partial charge in [-0.05, 0) is 24.3 Å². The minimum Gasteiger partial charge on any atom is -0.349 e. The van der Waals surface area contributed by atoms with Crippen LogP contribution in [0.3, 0.4) is 0 Å². The molecule has 0 spiro atoms. The zero-order valence-corrected chi connectivity index (χ0v) is 12.4. The van der Waals surface area contributed by atoms with Gasteiger partial charge in [0.1, 0.15) is 5.69 Å². The molecule has 2 aromatic rings. The van der Waals surface area contributed by atoms with Crippen LogP contribution in [0.4, 0.5) is 5.69 Å². The normalized spacial score (nSPS) is 9.86. The fraction of sp³-hybridized carbons (Fsp3) is 0.0625. The van der Waals surface area contributed by atoms with Crippen LogP contribution in [0.1, 0.15) is 20.8 Å². The quantitative estimate of drug-likeness (QED) is 0.833. The smallest absolute Gasteiger partial charge is 0.274 e. The van der Waals surface area contributed by atoms with Gasteiger partial charge in [0.25, 0.3) is 11.8 Å². The average molecular weight is 316 g/mol. The van der Waals surface area contributed by atoms with Crippen molar-refractivity contribution in [3.8, 4) is 0 Å². The Morgan fingerprint density at radius 3 is 2.73 bits per heavy atom.